The summed E-state index contributed by atoms with van der Waals surface area (Å²) in [6, 6.07) is 0. The molecule has 1 heterocycles. The Balaban J connectivity index is 0.000001000. The predicted molar refractivity (Wildman–Crippen MR) is 35.5 cm³/mol. The molecule has 0 aromatic heterocycles. The van der Waals surface area contributed by atoms with E-state index in [-0.39, 0.29) is 32.2 Å². The number of hydrogen-bond acceptors (Lipinski definition) is 3. The standard InChI is InChI=1S/C7H10O3.Ir/c1-5(2)7(8)10-4-6-3-9-6;/h6H,1,3-4H2,2H3;. The molecule has 4 heteroatoms. The van der Waals surface area contributed by atoms with Gasteiger partial charge in [-0.05, 0) is 6.92 Å². The first-order valence-corrected chi connectivity index (χ1v) is 3.14. The molecule has 1 radical (unpaired) electrons. The van der Waals surface area contributed by atoms with Gasteiger partial charge in [0.15, 0.2) is 0 Å². The average molecular weight is 334 g/mol. The number of esters is 1. The monoisotopic (exact) mass is 335 g/mol. The molecule has 1 unspecified atom stereocenters. The molecule has 0 aromatic carbocycles. The molecule has 3 nitrogen and oxygen atoms in total. The van der Waals surface area contributed by atoms with Gasteiger partial charge in [-0.3, -0.25) is 0 Å². The number of epoxide rings is 1. The van der Waals surface area contributed by atoms with E-state index in [1.807, 2.05) is 0 Å². The van der Waals surface area contributed by atoms with Crippen molar-refractivity contribution in [3.05, 3.63) is 12.2 Å². The summed E-state index contributed by atoms with van der Waals surface area (Å²) in [5.74, 6) is -0.337. The van der Waals surface area contributed by atoms with Crippen molar-refractivity contribution in [1.29, 1.82) is 0 Å². The van der Waals surface area contributed by atoms with Crippen LogP contribution in [0.5, 0.6) is 0 Å². The summed E-state index contributed by atoms with van der Waals surface area (Å²) in [6.45, 7) is 6.14. The molecule has 1 rings (SSSR count). The Kier molecular flexibility index (Phi) is 4.57. The van der Waals surface area contributed by atoms with Gasteiger partial charge >= 0.3 is 5.97 Å². The second-order valence-electron chi connectivity index (χ2n) is 2.33. The van der Waals surface area contributed by atoms with E-state index in [4.69, 9.17) is 9.47 Å². The third-order valence-electron chi connectivity index (χ3n) is 1.15. The van der Waals surface area contributed by atoms with Gasteiger partial charge in [0, 0.05) is 25.7 Å². The van der Waals surface area contributed by atoms with Gasteiger partial charge in [0.2, 0.25) is 0 Å². The van der Waals surface area contributed by atoms with Crippen LogP contribution in [-0.2, 0) is 34.4 Å². The van der Waals surface area contributed by atoms with Crippen molar-refractivity contribution in [3.63, 3.8) is 0 Å². The summed E-state index contributed by atoms with van der Waals surface area (Å²) >= 11 is 0. The van der Waals surface area contributed by atoms with E-state index in [2.05, 4.69) is 6.58 Å². The van der Waals surface area contributed by atoms with E-state index < -0.39 is 0 Å². The third-order valence-corrected chi connectivity index (χ3v) is 1.15. The Bertz CT molecular complexity index is 163. The average Bonchev–Trinajstić information content (AvgIpc) is 2.64. The maximum Gasteiger partial charge on any atom is 0.333 e. The van der Waals surface area contributed by atoms with Crippen LogP contribution in [0.4, 0.5) is 0 Å². The maximum absolute atomic E-state index is 10.7. The Morgan fingerprint density at radius 1 is 1.82 bits per heavy atom. The summed E-state index contributed by atoms with van der Waals surface area (Å²) in [4.78, 5) is 10.7. The minimum absolute atomic E-state index is 0. The van der Waals surface area contributed by atoms with Crippen molar-refractivity contribution in [2.24, 2.45) is 0 Å². The first-order valence-electron chi connectivity index (χ1n) is 3.14. The molecule has 0 bridgehead atoms. The largest absolute Gasteiger partial charge is 0.459 e. The molecule has 0 aromatic rings. The smallest absolute Gasteiger partial charge is 0.333 e. The fourth-order valence-corrected chi connectivity index (χ4v) is 0.456. The van der Waals surface area contributed by atoms with Gasteiger partial charge in [-0.2, -0.15) is 0 Å². The fraction of sp³-hybridized carbons (Fsp3) is 0.571. The van der Waals surface area contributed by atoms with Gasteiger partial charge in [-0.25, -0.2) is 4.79 Å². The van der Waals surface area contributed by atoms with E-state index >= 15 is 0 Å². The van der Waals surface area contributed by atoms with Crippen molar-refractivity contribution in [2.45, 2.75) is 13.0 Å². The van der Waals surface area contributed by atoms with Crippen molar-refractivity contribution in [1.82, 2.24) is 0 Å². The Hall–Kier alpha value is -0.181. The maximum atomic E-state index is 10.7. The van der Waals surface area contributed by atoms with Gasteiger partial charge in [0.05, 0.1) is 6.61 Å². The Morgan fingerprint density at radius 3 is 2.73 bits per heavy atom. The molecular weight excluding hydrogens is 324 g/mol. The topological polar surface area (TPSA) is 38.8 Å². The molecule has 0 N–H and O–H groups in total. The Labute approximate surface area is 79.1 Å². The zero-order valence-corrected chi connectivity index (χ0v) is 8.65. The summed E-state index contributed by atoms with van der Waals surface area (Å²) < 4.78 is 9.60. The molecule has 0 aliphatic carbocycles. The minimum atomic E-state index is -0.337. The molecule has 65 valence electrons. The van der Waals surface area contributed by atoms with Crippen molar-refractivity contribution < 1.29 is 34.4 Å². The molecule has 11 heavy (non-hydrogen) atoms. The van der Waals surface area contributed by atoms with Crippen LogP contribution < -0.4 is 0 Å². The van der Waals surface area contributed by atoms with Crippen LogP contribution in [0.25, 0.3) is 0 Å². The second kappa shape index (κ2) is 4.65. The van der Waals surface area contributed by atoms with Crippen LogP contribution >= 0.6 is 0 Å². The van der Waals surface area contributed by atoms with Gasteiger partial charge in [-0.1, -0.05) is 6.58 Å². The number of carbonyl (C=O) groups excluding carboxylic acids is 1. The van der Waals surface area contributed by atoms with Crippen LogP contribution in [0.3, 0.4) is 0 Å². The number of carbonyl (C=O) groups is 1. The van der Waals surface area contributed by atoms with E-state index in [1.54, 1.807) is 6.92 Å². The van der Waals surface area contributed by atoms with Crippen LogP contribution in [0.15, 0.2) is 12.2 Å². The Morgan fingerprint density at radius 2 is 2.36 bits per heavy atom. The van der Waals surface area contributed by atoms with Crippen LogP contribution in [0.1, 0.15) is 6.92 Å². The molecule has 0 amide bonds. The zero-order chi connectivity index (χ0) is 7.56. The van der Waals surface area contributed by atoms with E-state index in [9.17, 15) is 4.79 Å². The number of rotatable bonds is 3. The van der Waals surface area contributed by atoms with Crippen molar-refractivity contribution in [2.75, 3.05) is 13.2 Å². The van der Waals surface area contributed by atoms with E-state index in [1.165, 1.54) is 0 Å². The SMILES string of the molecule is C=C(C)C(=O)OCC1CO1.[Ir]. The molecule has 1 saturated heterocycles. The molecule has 0 saturated carbocycles. The summed E-state index contributed by atoms with van der Waals surface area (Å²) in [5, 5.41) is 0. The predicted octanol–water partition coefficient (Wildman–Crippen LogP) is 0.502. The summed E-state index contributed by atoms with van der Waals surface area (Å²) in [7, 11) is 0. The number of ether oxygens (including phenoxy) is 2. The van der Waals surface area contributed by atoms with Crippen molar-refractivity contribution in [3.8, 4) is 0 Å². The quantitative estimate of drug-likeness (QED) is 0.429. The van der Waals surface area contributed by atoms with E-state index in [0.717, 1.165) is 0 Å². The van der Waals surface area contributed by atoms with Gasteiger partial charge < -0.3 is 9.47 Å². The molecule has 1 fully saturated rings. The van der Waals surface area contributed by atoms with Crippen LogP contribution in [-0.4, -0.2) is 25.3 Å². The zero-order valence-electron chi connectivity index (χ0n) is 6.26. The first kappa shape index (κ1) is 10.8. The van der Waals surface area contributed by atoms with Gasteiger partial charge in [0.25, 0.3) is 0 Å². The second-order valence-corrected chi connectivity index (χ2v) is 2.33. The minimum Gasteiger partial charge on any atom is -0.459 e. The van der Waals surface area contributed by atoms with E-state index in [0.29, 0.717) is 18.8 Å². The van der Waals surface area contributed by atoms with Crippen LogP contribution in [0.2, 0.25) is 0 Å². The summed E-state index contributed by atoms with van der Waals surface area (Å²) in [6.07, 6.45) is 0.142. The third kappa shape index (κ3) is 4.30. The molecule has 1 aliphatic heterocycles. The normalized spacial score (nSPS) is 19.9. The number of hydrogen-bond donors (Lipinski definition) is 0. The van der Waals surface area contributed by atoms with Gasteiger partial charge in [-0.15, -0.1) is 0 Å². The first-order chi connectivity index (χ1) is 4.70. The van der Waals surface area contributed by atoms with Gasteiger partial charge in [0.1, 0.15) is 12.7 Å². The molecule has 1 aliphatic rings. The van der Waals surface area contributed by atoms with Crippen LogP contribution in [0, 0.1) is 0 Å². The molecule has 0 spiro atoms. The fourth-order valence-electron chi connectivity index (χ4n) is 0.456. The van der Waals surface area contributed by atoms with Crippen molar-refractivity contribution >= 4 is 5.97 Å². The summed E-state index contributed by atoms with van der Waals surface area (Å²) in [5.41, 5.74) is 0.431. The molecule has 1 atom stereocenters. The molecular formula is C7H10IrO3.